The number of hydrogen-bond acceptors (Lipinski definition) is 2. The van der Waals surface area contributed by atoms with Gasteiger partial charge < -0.3 is 5.73 Å². The molecular formula is C13H8Cl2FNO. The van der Waals surface area contributed by atoms with Crippen LogP contribution in [0.25, 0.3) is 0 Å². The van der Waals surface area contributed by atoms with Gasteiger partial charge in [0.2, 0.25) is 0 Å². The number of carbonyl (C=O) groups is 1. The number of anilines is 1. The third-order valence-corrected chi connectivity index (χ3v) is 3.31. The van der Waals surface area contributed by atoms with Crippen molar-refractivity contribution >= 4 is 34.7 Å². The maximum atomic E-state index is 13.3. The van der Waals surface area contributed by atoms with Gasteiger partial charge in [-0.1, -0.05) is 35.3 Å². The highest BCUT2D eigenvalue weighted by Gasteiger charge is 2.18. The van der Waals surface area contributed by atoms with E-state index in [4.69, 9.17) is 28.9 Å². The monoisotopic (exact) mass is 283 g/mol. The zero-order valence-electron chi connectivity index (χ0n) is 9.08. The van der Waals surface area contributed by atoms with Crippen LogP contribution in [0.1, 0.15) is 15.9 Å². The lowest BCUT2D eigenvalue weighted by Crippen LogP contribution is -2.07. The summed E-state index contributed by atoms with van der Waals surface area (Å²) in [5.41, 5.74) is 5.61. The second kappa shape index (κ2) is 4.96. The number of hydrogen-bond donors (Lipinski definition) is 1. The predicted octanol–water partition coefficient (Wildman–Crippen LogP) is 3.95. The van der Waals surface area contributed by atoms with Crippen molar-refractivity contribution in [1.82, 2.24) is 0 Å². The molecule has 18 heavy (non-hydrogen) atoms. The van der Waals surface area contributed by atoms with Gasteiger partial charge in [0.15, 0.2) is 5.78 Å². The fourth-order valence-electron chi connectivity index (χ4n) is 1.56. The Kier molecular flexibility index (Phi) is 3.55. The van der Waals surface area contributed by atoms with Crippen LogP contribution in [0, 0.1) is 5.82 Å². The quantitative estimate of drug-likeness (QED) is 0.670. The molecule has 2 N–H and O–H groups in total. The zero-order valence-corrected chi connectivity index (χ0v) is 10.6. The van der Waals surface area contributed by atoms with E-state index in [0.717, 1.165) is 0 Å². The van der Waals surface area contributed by atoms with Gasteiger partial charge in [-0.2, -0.15) is 0 Å². The fraction of sp³-hybridized carbons (Fsp3) is 0. The van der Waals surface area contributed by atoms with Crippen LogP contribution in [0.5, 0.6) is 0 Å². The minimum atomic E-state index is -0.640. The van der Waals surface area contributed by atoms with Gasteiger partial charge in [0.05, 0.1) is 15.7 Å². The van der Waals surface area contributed by atoms with Crippen LogP contribution in [0.15, 0.2) is 36.4 Å². The second-order valence-electron chi connectivity index (χ2n) is 3.63. The van der Waals surface area contributed by atoms with Crippen LogP contribution in [0.4, 0.5) is 10.1 Å². The largest absolute Gasteiger partial charge is 0.396 e. The molecule has 0 fully saturated rings. The van der Waals surface area contributed by atoms with Crippen molar-refractivity contribution in [3.63, 3.8) is 0 Å². The molecule has 0 spiro atoms. The van der Waals surface area contributed by atoms with Crippen molar-refractivity contribution < 1.29 is 9.18 Å². The number of nitrogens with two attached hydrogens (primary N) is 1. The van der Waals surface area contributed by atoms with Crippen molar-refractivity contribution in [2.75, 3.05) is 5.73 Å². The van der Waals surface area contributed by atoms with Crippen molar-refractivity contribution in [2.24, 2.45) is 0 Å². The molecule has 2 aromatic carbocycles. The Labute approximate surface area is 113 Å². The van der Waals surface area contributed by atoms with E-state index in [1.165, 1.54) is 24.3 Å². The standard InChI is InChI=1S/C13H8Cl2FNO/c14-9-5-1-3-7(11(9)15)13(18)8-4-2-6-10(16)12(8)17/h1-6H,17H2. The van der Waals surface area contributed by atoms with E-state index in [1.807, 2.05) is 0 Å². The van der Waals surface area contributed by atoms with E-state index in [-0.39, 0.29) is 26.9 Å². The molecule has 2 aromatic rings. The molecule has 0 bridgehead atoms. The highest BCUT2D eigenvalue weighted by Crippen LogP contribution is 2.29. The molecule has 0 amide bonds. The summed E-state index contributed by atoms with van der Waals surface area (Å²) in [4.78, 5) is 12.2. The third-order valence-electron chi connectivity index (χ3n) is 2.49. The van der Waals surface area contributed by atoms with Gasteiger partial charge in [0, 0.05) is 11.1 Å². The van der Waals surface area contributed by atoms with Crippen LogP contribution in [-0.4, -0.2) is 5.78 Å². The van der Waals surface area contributed by atoms with E-state index in [9.17, 15) is 9.18 Å². The van der Waals surface area contributed by atoms with Crippen molar-refractivity contribution in [3.8, 4) is 0 Å². The Balaban J connectivity index is 2.55. The van der Waals surface area contributed by atoms with Crippen LogP contribution in [0.2, 0.25) is 10.0 Å². The number of carbonyl (C=O) groups excluding carboxylic acids is 1. The van der Waals surface area contributed by atoms with E-state index in [2.05, 4.69) is 0 Å². The minimum Gasteiger partial charge on any atom is -0.396 e. The molecule has 5 heteroatoms. The second-order valence-corrected chi connectivity index (χ2v) is 4.42. The lowest BCUT2D eigenvalue weighted by atomic mass is 10.0. The summed E-state index contributed by atoms with van der Waals surface area (Å²) >= 11 is 11.8. The number of nitrogen functional groups attached to an aromatic ring is 1. The van der Waals surface area contributed by atoms with Gasteiger partial charge in [-0.05, 0) is 24.3 Å². The number of benzene rings is 2. The van der Waals surface area contributed by atoms with E-state index in [1.54, 1.807) is 12.1 Å². The molecule has 0 saturated heterocycles. The SMILES string of the molecule is Nc1c(F)cccc1C(=O)c1cccc(Cl)c1Cl. The maximum absolute atomic E-state index is 13.3. The lowest BCUT2D eigenvalue weighted by molar-refractivity contribution is 0.103. The number of halogens is 3. The first-order valence-electron chi connectivity index (χ1n) is 5.05. The predicted molar refractivity (Wildman–Crippen MR) is 70.7 cm³/mol. The van der Waals surface area contributed by atoms with E-state index < -0.39 is 11.6 Å². The molecule has 0 unspecified atom stereocenters. The summed E-state index contributed by atoms with van der Waals surface area (Å²) in [7, 11) is 0. The molecule has 92 valence electrons. The van der Waals surface area contributed by atoms with Gasteiger partial charge >= 0.3 is 0 Å². The van der Waals surface area contributed by atoms with Gasteiger partial charge in [-0.15, -0.1) is 0 Å². The average molecular weight is 284 g/mol. The Morgan fingerprint density at radius 3 is 2.39 bits per heavy atom. The van der Waals surface area contributed by atoms with Gasteiger partial charge in [-0.25, -0.2) is 4.39 Å². The van der Waals surface area contributed by atoms with Gasteiger partial charge in [0.25, 0.3) is 0 Å². The third kappa shape index (κ3) is 2.19. The Hall–Kier alpha value is -1.58. The van der Waals surface area contributed by atoms with Crippen LogP contribution in [-0.2, 0) is 0 Å². The number of rotatable bonds is 2. The molecule has 0 aliphatic rings. The van der Waals surface area contributed by atoms with Crippen molar-refractivity contribution in [3.05, 3.63) is 63.4 Å². The Bertz CT molecular complexity index is 575. The molecule has 0 saturated carbocycles. The molecular weight excluding hydrogens is 276 g/mol. The highest BCUT2D eigenvalue weighted by atomic mass is 35.5. The van der Waals surface area contributed by atoms with Crippen LogP contribution >= 0.6 is 23.2 Å². The normalized spacial score (nSPS) is 10.4. The summed E-state index contributed by atoms with van der Waals surface area (Å²) in [6.07, 6.45) is 0. The molecule has 2 nitrogen and oxygen atoms in total. The van der Waals surface area contributed by atoms with E-state index in [0.29, 0.717) is 0 Å². The Morgan fingerprint density at radius 1 is 1.06 bits per heavy atom. The van der Waals surface area contributed by atoms with Crippen molar-refractivity contribution in [2.45, 2.75) is 0 Å². The molecule has 2 rings (SSSR count). The summed E-state index contributed by atoms with van der Waals surface area (Å²) in [5.74, 6) is -1.10. The van der Waals surface area contributed by atoms with E-state index >= 15 is 0 Å². The molecule has 0 aromatic heterocycles. The van der Waals surface area contributed by atoms with Crippen molar-refractivity contribution in [1.29, 1.82) is 0 Å². The molecule has 0 radical (unpaired) electrons. The molecule has 0 heterocycles. The zero-order chi connectivity index (χ0) is 13.3. The topological polar surface area (TPSA) is 43.1 Å². The minimum absolute atomic E-state index is 0.0687. The Morgan fingerprint density at radius 2 is 1.67 bits per heavy atom. The summed E-state index contributed by atoms with van der Waals surface area (Å²) in [6.45, 7) is 0. The van der Waals surface area contributed by atoms with Crippen LogP contribution < -0.4 is 5.73 Å². The summed E-state index contributed by atoms with van der Waals surface area (Å²) in [6, 6.07) is 8.72. The first-order chi connectivity index (χ1) is 8.52. The summed E-state index contributed by atoms with van der Waals surface area (Å²) < 4.78 is 13.3. The maximum Gasteiger partial charge on any atom is 0.196 e. The summed E-state index contributed by atoms with van der Waals surface area (Å²) in [5, 5.41) is 0.394. The number of ketones is 1. The first-order valence-corrected chi connectivity index (χ1v) is 5.80. The molecule has 0 aliphatic carbocycles. The highest BCUT2D eigenvalue weighted by molar-refractivity contribution is 6.44. The first kappa shape index (κ1) is 12.9. The van der Waals surface area contributed by atoms with Gasteiger partial charge in [0.1, 0.15) is 5.82 Å². The fourth-order valence-corrected chi connectivity index (χ4v) is 1.95. The number of para-hydroxylation sites is 1. The average Bonchev–Trinajstić information content (AvgIpc) is 2.35. The molecule has 0 atom stereocenters. The van der Waals surface area contributed by atoms with Crippen LogP contribution in [0.3, 0.4) is 0 Å². The smallest absolute Gasteiger partial charge is 0.196 e. The molecule has 0 aliphatic heterocycles. The van der Waals surface area contributed by atoms with Gasteiger partial charge in [-0.3, -0.25) is 4.79 Å². The lowest BCUT2D eigenvalue weighted by Gasteiger charge is -2.07.